The number of carbonyl (C=O) groups is 1. The third kappa shape index (κ3) is 3.84. The highest BCUT2D eigenvalue weighted by molar-refractivity contribution is 5.74. The first-order chi connectivity index (χ1) is 10.7. The fourth-order valence-corrected chi connectivity index (χ4v) is 2.96. The zero-order valence-electron chi connectivity index (χ0n) is 13.7. The molecule has 2 amide bonds. The first kappa shape index (κ1) is 16.5. The Kier molecular flexibility index (Phi) is 5.92. The lowest BCUT2D eigenvalue weighted by Crippen LogP contribution is -2.48. The summed E-state index contributed by atoms with van der Waals surface area (Å²) in [6.45, 7) is 3.49. The van der Waals surface area contributed by atoms with Gasteiger partial charge in [-0.15, -0.1) is 0 Å². The van der Waals surface area contributed by atoms with Gasteiger partial charge in [0.1, 0.15) is 0 Å². The summed E-state index contributed by atoms with van der Waals surface area (Å²) in [7, 11) is 3.22. The quantitative estimate of drug-likeness (QED) is 0.909. The topological polar surface area (TPSA) is 50.8 Å². The van der Waals surface area contributed by atoms with Crippen LogP contribution < -0.4 is 14.8 Å². The molecule has 22 heavy (non-hydrogen) atoms. The fraction of sp³-hybridized carbons (Fsp3) is 0.588. The van der Waals surface area contributed by atoms with Gasteiger partial charge in [0.25, 0.3) is 0 Å². The number of piperidine rings is 1. The molecule has 1 aliphatic rings. The van der Waals surface area contributed by atoms with Crippen molar-refractivity contribution >= 4 is 6.03 Å². The summed E-state index contributed by atoms with van der Waals surface area (Å²) in [5, 5.41) is 3.01. The molecule has 1 heterocycles. The molecule has 0 saturated carbocycles. The van der Waals surface area contributed by atoms with Crippen LogP contribution in [0.25, 0.3) is 0 Å². The molecule has 1 saturated heterocycles. The summed E-state index contributed by atoms with van der Waals surface area (Å²) in [6.07, 6.45) is 4.45. The van der Waals surface area contributed by atoms with E-state index in [1.807, 2.05) is 23.1 Å². The molecule has 0 aliphatic carbocycles. The van der Waals surface area contributed by atoms with Crippen molar-refractivity contribution in [3.8, 4) is 11.5 Å². The molecule has 0 radical (unpaired) electrons. The van der Waals surface area contributed by atoms with Gasteiger partial charge in [0.2, 0.25) is 0 Å². The van der Waals surface area contributed by atoms with Crippen LogP contribution in [0.1, 0.15) is 38.2 Å². The molecule has 1 N–H and O–H groups in total. The lowest BCUT2D eigenvalue weighted by Gasteiger charge is -2.35. The lowest BCUT2D eigenvalue weighted by atomic mass is 10.0. The lowest BCUT2D eigenvalue weighted by molar-refractivity contribution is 0.148. The van der Waals surface area contributed by atoms with Crippen LogP contribution in [0.5, 0.6) is 11.5 Å². The number of likely N-dealkylation sites (tertiary alicyclic amines) is 1. The van der Waals surface area contributed by atoms with Crippen molar-refractivity contribution in [1.29, 1.82) is 0 Å². The summed E-state index contributed by atoms with van der Waals surface area (Å²) in [5.74, 6) is 1.37. The van der Waals surface area contributed by atoms with E-state index in [0.717, 1.165) is 31.4 Å². The Bertz CT molecular complexity index is 505. The molecule has 2 rings (SSSR count). The van der Waals surface area contributed by atoms with E-state index in [1.165, 1.54) is 6.42 Å². The van der Waals surface area contributed by atoms with Crippen LogP contribution >= 0.6 is 0 Å². The van der Waals surface area contributed by atoms with Crippen molar-refractivity contribution in [3.05, 3.63) is 23.8 Å². The molecule has 1 aromatic carbocycles. The number of rotatable bonds is 5. The molecular weight excluding hydrogens is 280 g/mol. The monoisotopic (exact) mass is 306 g/mol. The summed E-state index contributed by atoms with van der Waals surface area (Å²) in [4.78, 5) is 14.4. The molecule has 0 bridgehead atoms. The Morgan fingerprint density at radius 3 is 2.73 bits per heavy atom. The molecule has 1 aliphatic heterocycles. The molecule has 5 nitrogen and oxygen atoms in total. The minimum absolute atomic E-state index is 0.0290. The van der Waals surface area contributed by atoms with Crippen molar-refractivity contribution in [1.82, 2.24) is 10.2 Å². The van der Waals surface area contributed by atoms with Crippen LogP contribution in [0, 0.1) is 0 Å². The normalized spacial score (nSPS) is 18.0. The average Bonchev–Trinajstić information content (AvgIpc) is 2.59. The van der Waals surface area contributed by atoms with E-state index >= 15 is 0 Å². The van der Waals surface area contributed by atoms with Crippen LogP contribution in [0.2, 0.25) is 0 Å². The standard InChI is InChI=1S/C17H26N2O3/c1-4-14-7-5-6-10-19(14)17(20)18-12-13-8-9-15(21-2)16(11-13)22-3/h8-9,11,14H,4-7,10,12H2,1-3H3,(H,18,20). The van der Waals surface area contributed by atoms with Gasteiger partial charge in [0.15, 0.2) is 11.5 Å². The number of urea groups is 1. The second-order valence-electron chi connectivity index (χ2n) is 5.60. The van der Waals surface area contributed by atoms with Gasteiger partial charge in [0.05, 0.1) is 14.2 Å². The maximum Gasteiger partial charge on any atom is 0.317 e. The predicted octanol–water partition coefficient (Wildman–Crippen LogP) is 3.18. The van der Waals surface area contributed by atoms with Crippen LogP contribution in [-0.2, 0) is 6.54 Å². The number of ether oxygens (including phenoxy) is 2. The molecule has 1 fully saturated rings. The number of hydrogen-bond acceptors (Lipinski definition) is 3. The third-order valence-electron chi connectivity index (χ3n) is 4.25. The number of methoxy groups -OCH3 is 2. The summed E-state index contributed by atoms with van der Waals surface area (Å²) in [5.41, 5.74) is 0.996. The largest absolute Gasteiger partial charge is 0.493 e. The van der Waals surface area contributed by atoms with Crippen LogP contribution in [0.15, 0.2) is 18.2 Å². The Labute approximate surface area is 132 Å². The zero-order valence-corrected chi connectivity index (χ0v) is 13.7. The fourth-order valence-electron chi connectivity index (χ4n) is 2.96. The van der Waals surface area contributed by atoms with Gasteiger partial charge in [-0.3, -0.25) is 0 Å². The van der Waals surface area contributed by atoms with E-state index < -0.39 is 0 Å². The van der Waals surface area contributed by atoms with Crippen molar-refractivity contribution in [3.63, 3.8) is 0 Å². The molecule has 1 aromatic rings. The second-order valence-corrected chi connectivity index (χ2v) is 5.60. The van der Waals surface area contributed by atoms with Crippen LogP contribution in [0.3, 0.4) is 0 Å². The molecule has 0 spiro atoms. The van der Waals surface area contributed by atoms with Crippen LogP contribution in [-0.4, -0.2) is 37.7 Å². The van der Waals surface area contributed by atoms with E-state index in [-0.39, 0.29) is 6.03 Å². The number of amides is 2. The second kappa shape index (κ2) is 7.92. The van der Waals surface area contributed by atoms with Crippen LogP contribution in [0.4, 0.5) is 4.79 Å². The highest BCUT2D eigenvalue weighted by Crippen LogP contribution is 2.27. The maximum absolute atomic E-state index is 12.4. The van der Waals surface area contributed by atoms with E-state index in [1.54, 1.807) is 14.2 Å². The van der Waals surface area contributed by atoms with Crippen molar-refractivity contribution < 1.29 is 14.3 Å². The highest BCUT2D eigenvalue weighted by atomic mass is 16.5. The van der Waals surface area contributed by atoms with Gasteiger partial charge < -0.3 is 19.7 Å². The predicted molar refractivity (Wildman–Crippen MR) is 86.4 cm³/mol. The number of nitrogens with one attached hydrogen (secondary N) is 1. The molecule has 122 valence electrons. The number of benzene rings is 1. The van der Waals surface area contributed by atoms with Crippen molar-refractivity contribution in [2.45, 2.75) is 45.2 Å². The van der Waals surface area contributed by atoms with E-state index in [4.69, 9.17) is 9.47 Å². The SMILES string of the molecule is CCC1CCCCN1C(=O)NCc1ccc(OC)c(OC)c1. The smallest absolute Gasteiger partial charge is 0.317 e. The Balaban J connectivity index is 1.95. The summed E-state index contributed by atoms with van der Waals surface area (Å²) in [6, 6.07) is 6.10. The van der Waals surface area contributed by atoms with E-state index in [9.17, 15) is 4.79 Å². The Hall–Kier alpha value is -1.91. The summed E-state index contributed by atoms with van der Waals surface area (Å²) < 4.78 is 10.5. The Morgan fingerprint density at radius 2 is 2.05 bits per heavy atom. The molecule has 5 heteroatoms. The third-order valence-corrected chi connectivity index (χ3v) is 4.25. The highest BCUT2D eigenvalue weighted by Gasteiger charge is 2.24. The average molecular weight is 306 g/mol. The number of nitrogens with zero attached hydrogens (tertiary/aromatic N) is 1. The van der Waals surface area contributed by atoms with Gasteiger partial charge in [-0.1, -0.05) is 13.0 Å². The van der Waals surface area contributed by atoms with Gasteiger partial charge >= 0.3 is 6.03 Å². The zero-order chi connectivity index (χ0) is 15.9. The van der Waals surface area contributed by atoms with Gasteiger partial charge in [0, 0.05) is 19.1 Å². The number of hydrogen-bond donors (Lipinski definition) is 1. The molecule has 1 unspecified atom stereocenters. The maximum atomic E-state index is 12.4. The van der Waals surface area contributed by atoms with Gasteiger partial charge in [-0.05, 0) is 43.4 Å². The number of carbonyl (C=O) groups excluding carboxylic acids is 1. The minimum Gasteiger partial charge on any atom is -0.493 e. The molecule has 1 atom stereocenters. The van der Waals surface area contributed by atoms with Crippen molar-refractivity contribution in [2.24, 2.45) is 0 Å². The first-order valence-electron chi connectivity index (χ1n) is 7.95. The van der Waals surface area contributed by atoms with Crippen molar-refractivity contribution in [2.75, 3.05) is 20.8 Å². The van der Waals surface area contributed by atoms with E-state index in [0.29, 0.717) is 24.1 Å². The van der Waals surface area contributed by atoms with Gasteiger partial charge in [-0.2, -0.15) is 0 Å². The molecule has 0 aromatic heterocycles. The van der Waals surface area contributed by atoms with E-state index in [2.05, 4.69) is 12.2 Å². The minimum atomic E-state index is 0.0290. The summed E-state index contributed by atoms with van der Waals surface area (Å²) >= 11 is 0. The Morgan fingerprint density at radius 1 is 1.27 bits per heavy atom. The molecular formula is C17H26N2O3. The first-order valence-corrected chi connectivity index (χ1v) is 7.95. The van der Waals surface area contributed by atoms with Gasteiger partial charge in [-0.25, -0.2) is 4.79 Å².